The topological polar surface area (TPSA) is 107 Å². The van der Waals surface area contributed by atoms with Gasteiger partial charge in [-0.3, -0.25) is 0 Å². The Labute approximate surface area is 116 Å². The molecule has 1 rings (SSSR count). The lowest BCUT2D eigenvalue weighted by atomic mass is 10.1. The normalized spacial score (nSPS) is 12.7. The molecule has 0 aliphatic rings. The van der Waals surface area contributed by atoms with Crippen LogP contribution in [0.1, 0.15) is 5.56 Å². The van der Waals surface area contributed by atoms with Crippen molar-refractivity contribution in [2.75, 3.05) is 19.8 Å². The highest BCUT2D eigenvalue weighted by atomic mass is 35.5. The quantitative estimate of drug-likeness (QED) is 0.574. The third-order valence-electron chi connectivity index (χ3n) is 2.64. The van der Waals surface area contributed by atoms with Gasteiger partial charge in [0.1, 0.15) is 10.4 Å². The second-order valence-corrected chi connectivity index (χ2v) is 6.35. The number of rotatable bonds is 6. The molecule has 0 aromatic heterocycles. The van der Waals surface area contributed by atoms with Crippen LogP contribution in [-0.2, 0) is 10.0 Å². The Kier molecular flexibility index (Phi) is 5.31. The molecule has 0 amide bonds. The van der Waals surface area contributed by atoms with E-state index in [0.717, 1.165) is 5.56 Å². The summed E-state index contributed by atoms with van der Waals surface area (Å²) in [5, 5.41) is 27.4. The van der Waals surface area contributed by atoms with Crippen LogP contribution in [0.5, 0.6) is 0 Å². The first kappa shape index (κ1) is 16.4. The molecule has 0 saturated heterocycles. The highest BCUT2D eigenvalue weighted by Gasteiger charge is 2.34. The number of hydrogen-bond donors (Lipinski definition) is 4. The first-order chi connectivity index (χ1) is 8.80. The smallest absolute Gasteiger partial charge is 0.242 e. The van der Waals surface area contributed by atoms with E-state index in [1.807, 2.05) is 0 Å². The number of benzene rings is 1. The summed E-state index contributed by atoms with van der Waals surface area (Å²) in [6, 6.07) is 4.37. The van der Waals surface area contributed by atoms with E-state index < -0.39 is 35.4 Å². The molecule has 0 aliphatic carbocycles. The molecule has 19 heavy (non-hydrogen) atoms. The van der Waals surface area contributed by atoms with E-state index in [2.05, 4.69) is 4.72 Å². The Morgan fingerprint density at radius 3 is 2.16 bits per heavy atom. The zero-order chi connectivity index (χ0) is 14.7. The molecule has 0 heterocycles. The molecule has 0 fully saturated rings. The second kappa shape index (κ2) is 6.17. The summed E-state index contributed by atoms with van der Waals surface area (Å²) < 4.78 is 26.3. The predicted molar refractivity (Wildman–Crippen MR) is 70.5 cm³/mol. The number of nitrogens with one attached hydrogen (secondary N) is 1. The largest absolute Gasteiger partial charge is 0.394 e. The Hall–Kier alpha value is -0.700. The zero-order valence-corrected chi connectivity index (χ0v) is 11.9. The Balaban J connectivity index is 3.17. The summed E-state index contributed by atoms with van der Waals surface area (Å²) in [7, 11) is -4.06. The highest BCUT2D eigenvalue weighted by Crippen LogP contribution is 2.23. The van der Waals surface area contributed by atoms with E-state index in [0.29, 0.717) is 0 Å². The average molecular weight is 310 g/mol. The Morgan fingerprint density at radius 1 is 1.21 bits per heavy atom. The summed E-state index contributed by atoms with van der Waals surface area (Å²) >= 11 is 5.87. The maximum absolute atomic E-state index is 12.1. The molecule has 0 aliphatic heterocycles. The Bertz CT molecular complexity index is 534. The molecule has 0 atom stereocenters. The molecule has 0 unspecified atom stereocenters. The molecule has 0 bridgehead atoms. The number of aliphatic hydroxyl groups excluding tert-OH is 3. The van der Waals surface area contributed by atoms with Gasteiger partial charge in [-0.15, -0.1) is 0 Å². The molecule has 1 aromatic rings. The molecule has 0 radical (unpaired) electrons. The SMILES string of the molecule is Cc1ccc(S(=O)(=O)NC(CO)(CO)CO)c(Cl)c1. The van der Waals surface area contributed by atoms with Gasteiger partial charge in [0.15, 0.2) is 0 Å². The molecule has 108 valence electrons. The lowest BCUT2D eigenvalue weighted by Crippen LogP contribution is -2.56. The summed E-state index contributed by atoms with van der Waals surface area (Å²) in [4.78, 5) is -0.181. The van der Waals surface area contributed by atoms with Crippen molar-refractivity contribution >= 4 is 21.6 Å². The van der Waals surface area contributed by atoms with Crippen LogP contribution in [0.2, 0.25) is 5.02 Å². The summed E-state index contributed by atoms with van der Waals surface area (Å²) in [5.74, 6) is 0. The summed E-state index contributed by atoms with van der Waals surface area (Å²) in [6.45, 7) is -0.483. The van der Waals surface area contributed by atoms with E-state index in [-0.39, 0.29) is 9.92 Å². The average Bonchev–Trinajstić information content (AvgIpc) is 2.35. The van der Waals surface area contributed by atoms with E-state index >= 15 is 0 Å². The van der Waals surface area contributed by atoms with E-state index in [1.165, 1.54) is 12.1 Å². The number of aryl methyl sites for hydroxylation is 1. The van der Waals surface area contributed by atoms with Gasteiger partial charge in [0.2, 0.25) is 10.0 Å². The molecule has 1 aromatic carbocycles. The van der Waals surface area contributed by atoms with Crippen molar-refractivity contribution in [3.8, 4) is 0 Å². The number of hydrogen-bond acceptors (Lipinski definition) is 5. The first-order valence-corrected chi connectivity index (χ1v) is 7.29. The van der Waals surface area contributed by atoms with Crippen molar-refractivity contribution < 1.29 is 23.7 Å². The van der Waals surface area contributed by atoms with Gasteiger partial charge in [-0.1, -0.05) is 17.7 Å². The van der Waals surface area contributed by atoms with E-state index in [1.54, 1.807) is 13.0 Å². The fourth-order valence-electron chi connectivity index (χ4n) is 1.41. The van der Waals surface area contributed by atoms with Gasteiger partial charge >= 0.3 is 0 Å². The molecule has 8 heteroatoms. The minimum atomic E-state index is -4.06. The van der Waals surface area contributed by atoms with E-state index in [4.69, 9.17) is 26.9 Å². The van der Waals surface area contributed by atoms with E-state index in [9.17, 15) is 8.42 Å². The molecule has 0 saturated carbocycles. The van der Waals surface area contributed by atoms with Gasteiger partial charge < -0.3 is 15.3 Å². The van der Waals surface area contributed by atoms with Crippen LogP contribution >= 0.6 is 11.6 Å². The third kappa shape index (κ3) is 3.65. The first-order valence-electron chi connectivity index (χ1n) is 5.43. The van der Waals surface area contributed by atoms with Crippen LogP contribution in [0.3, 0.4) is 0 Å². The van der Waals surface area contributed by atoms with Crippen molar-refractivity contribution in [3.05, 3.63) is 28.8 Å². The van der Waals surface area contributed by atoms with Gasteiger partial charge in [-0.2, -0.15) is 4.72 Å². The van der Waals surface area contributed by atoms with Gasteiger partial charge in [0.25, 0.3) is 0 Å². The van der Waals surface area contributed by atoms with Crippen LogP contribution in [0.4, 0.5) is 0 Å². The fraction of sp³-hybridized carbons (Fsp3) is 0.455. The van der Waals surface area contributed by atoms with Gasteiger partial charge in [0.05, 0.1) is 24.8 Å². The predicted octanol–water partition coefficient (Wildman–Crippen LogP) is -0.358. The van der Waals surface area contributed by atoms with Crippen molar-refractivity contribution in [3.63, 3.8) is 0 Å². The van der Waals surface area contributed by atoms with Crippen LogP contribution < -0.4 is 4.72 Å². The maximum atomic E-state index is 12.1. The minimum absolute atomic E-state index is 0.0234. The highest BCUT2D eigenvalue weighted by molar-refractivity contribution is 7.89. The number of sulfonamides is 1. The van der Waals surface area contributed by atoms with Crippen LogP contribution in [-0.4, -0.2) is 49.1 Å². The van der Waals surface area contributed by atoms with Crippen molar-refractivity contribution in [2.45, 2.75) is 17.4 Å². The van der Waals surface area contributed by atoms with Gasteiger partial charge in [0, 0.05) is 0 Å². The number of aliphatic hydroxyl groups is 3. The number of halogens is 1. The van der Waals surface area contributed by atoms with Crippen LogP contribution in [0.15, 0.2) is 23.1 Å². The molecule has 4 N–H and O–H groups in total. The monoisotopic (exact) mass is 309 g/mol. The lowest BCUT2D eigenvalue weighted by molar-refractivity contribution is 0.0582. The summed E-state index contributed by atoms with van der Waals surface area (Å²) in [6.07, 6.45) is 0. The third-order valence-corrected chi connectivity index (χ3v) is 4.70. The van der Waals surface area contributed by atoms with Crippen LogP contribution in [0.25, 0.3) is 0 Å². The Morgan fingerprint density at radius 2 is 1.74 bits per heavy atom. The molecular weight excluding hydrogens is 294 g/mol. The van der Waals surface area contributed by atoms with Crippen molar-refractivity contribution in [1.29, 1.82) is 0 Å². The molecule has 0 spiro atoms. The van der Waals surface area contributed by atoms with Gasteiger partial charge in [-0.25, -0.2) is 8.42 Å². The lowest BCUT2D eigenvalue weighted by Gasteiger charge is -2.28. The van der Waals surface area contributed by atoms with Crippen molar-refractivity contribution in [2.24, 2.45) is 0 Å². The van der Waals surface area contributed by atoms with Gasteiger partial charge in [-0.05, 0) is 24.6 Å². The summed E-state index contributed by atoms with van der Waals surface area (Å²) in [5.41, 5.74) is -0.936. The van der Waals surface area contributed by atoms with Crippen molar-refractivity contribution in [1.82, 2.24) is 4.72 Å². The second-order valence-electron chi connectivity index (χ2n) is 4.29. The molecular formula is C11H16ClNO5S. The maximum Gasteiger partial charge on any atom is 0.242 e. The molecule has 6 nitrogen and oxygen atoms in total. The standard InChI is InChI=1S/C11H16ClNO5S/c1-8-2-3-10(9(12)4-8)19(17,18)13-11(5-14,6-15)7-16/h2-4,13-16H,5-7H2,1H3. The minimum Gasteiger partial charge on any atom is -0.394 e. The van der Waals surface area contributed by atoms with Crippen LogP contribution in [0, 0.1) is 6.92 Å². The fourth-order valence-corrected chi connectivity index (χ4v) is 3.39. The zero-order valence-electron chi connectivity index (χ0n) is 10.3.